The number of hydrogen-bond acceptors (Lipinski definition) is 4. The highest BCUT2D eigenvalue weighted by atomic mass is 35.5. The maximum absolute atomic E-state index is 10.9. The first-order valence-corrected chi connectivity index (χ1v) is 7.44. The lowest BCUT2D eigenvalue weighted by Gasteiger charge is -2.22. The molecule has 1 aromatic carbocycles. The van der Waals surface area contributed by atoms with E-state index in [9.17, 15) is 10.1 Å². The molecule has 1 fully saturated rings. The Hall–Kier alpha value is -0.780. The van der Waals surface area contributed by atoms with E-state index in [1.165, 1.54) is 6.07 Å². The minimum Gasteiger partial charge on any atom is -0.310 e. The number of nitrogens with one attached hydrogen (secondary N) is 1. The molecule has 0 saturated carbocycles. The van der Waals surface area contributed by atoms with Crippen molar-refractivity contribution in [1.82, 2.24) is 5.32 Å². The van der Waals surface area contributed by atoms with Crippen LogP contribution in [0.5, 0.6) is 0 Å². The molecule has 0 radical (unpaired) electrons. The van der Waals surface area contributed by atoms with Crippen LogP contribution in [-0.2, 0) is 6.54 Å². The molecule has 1 saturated heterocycles. The molecular weight excluding hydrogens is 272 g/mol. The van der Waals surface area contributed by atoms with Gasteiger partial charge >= 0.3 is 0 Å². The van der Waals surface area contributed by atoms with Gasteiger partial charge in [0.1, 0.15) is 0 Å². The Morgan fingerprint density at radius 1 is 1.44 bits per heavy atom. The van der Waals surface area contributed by atoms with Crippen molar-refractivity contribution in [3.63, 3.8) is 0 Å². The molecule has 6 heteroatoms. The number of hydrogen-bond donors (Lipinski definition) is 1. The molecule has 1 aliphatic rings. The monoisotopic (exact) mass is 286 g/mol. The third-order valence-electron chi connectivity index (χ3n) is 3.04. The fourth-order valence-electron chi connectivity index (χ4n) is 2.03. The summed E-state index contributed by atoms with van der Waals surface area (Å²) in [5.41, 5.74) is 0.794. The summed E-state index contributed by atoms with van der Waals surface area (Å²) in [7, 11) is 0. The van der Waals surface area contributed by atoms with Crippen LogP contribution in [0.3, 0.4) is 0 Å². The Kier molecular flexibility index (Phi) is 4.86. The minimum atomic E-state index is -0.357. The molecule has 0 aromatic heterocycles. The first-order valence-electron chi connectivity index (χ1n) is 5.91. The average molecular weight is 287 g/mol. The quantitative estimate of drug-likeness (QED) is 0.682. The molecule has 0 bridgehead atoms. The molecule has 1 aromatic rings. The third-order valence-corrected chi connectivity index (χ3v) is 4.32. The lowest BCUT2D eigenvalue weighted by molar-refractivity contribution is -0.385. The summed E-state index contributed by atoms with van der Waals surface area (Å²) in [6, 6.07) is 5.16. The number of nitro groups is 1. The average Bonchev–Trinajstić information content (AvgIpc) is 2.37. The zero-order chi connectivity index (χ0) is 13.0. The maximum atomic E-state index is 10.9. The van der Waals surface area contributed by atoms with E-state index in [0.717, 1.165) is 24.3 Å². The van der Waals surface area contributed by atoms with E-state index in [2.05, 4.69) is 5.32 Å². The Balaban J connectivity index is 2.03. The van der Waals surface area contributed by atoms with E-state index in [1.807, 2.05) is 11.8 Å². The zero-order valence-corrected chi connectivity index (χ0v) is 11.5. The van der Waals surface area contributed by atoms with Crippen LogP contribution >= 0.6 is 23.4 Å². The van der Waals surface area contributed by atoms with Crippen LogP contribution in [0.2, 0.25) is 5.02 Å². The highest BCUT2D eigenvalue weighted by Crippen LogP contribution is 2.23. The lowest BCUT2D eigenvalue weighted by atomic mass is 10.1. The van der Waals surface area contributed by atoms with E-state index >= 15 is 0 Å². The first kappa shape index (κ1) is 13.6. The molecule has 0 unspecified atom stereocenters. The molecule has 1 N–H and O–H groups in total. The molecule has 1 aliphatic heterocycles. The second-order valence-corrected chi connectivity index (χ2v) is 5.96. The molecular formula is C12H15ClN2O2S. The molecule has 0 atom stereocenters. The Bertz CT molecular complexity index is 436. The van der Waals surface area contributed by atoms with Gasteiger partial charge in [-0.05, 0) is 36.5 Å². The van der Waals surface area contributed by atoms with E-state index in [0.29, 0.717) is 23.2 Å². The van der Waals surface area contributed by atoms with Gasteiger partial charge in [-0.1, -0.05) is 11.6 Å². The smallest absolute Gasteiger partial charge is 0.273 e. The predicted molar refractivity (Wildman–Crippen MR) is 75.3 cm³/mol. The molecule has 98 valence electrons. The van der Waals surface area contributed by atoms with Gasteiger partial charge in [0.25, 0.3) is 5.69 Å². The molecule has 0 spiro atoms. The summed E-state index contributed by atoms with van der Waals surface area (Å²) in [5, 5.41) is 14.8. The van der Waals surface area contributed by atoms with Crippen LogP contribution in [0.1, 0.15) is 18.4 Å². The predicted octanol–water partition coefficient (Wildman–Crippen LogP) is 3.23. The molecule has 1 heterocycles. The normalized spacial score (nSPS) is 16.7. The highest BCUT2D eigenvalue weighted by molar-refractivity contribution is 7.99. The van der Waals surface area contributed by atoms with Gasteiger partial charge in [-0.25, -0.2) is 0 Å². The van der Waals surface area contributed by atoms with Crippen LogP contribution in [-0.4, -0.2) is 22.5 Å². The van der Waals surface area contributed by atoms with Gasteiger partial charge in [-0.2, -0.15) is 11.8 Å². The Morgan fingerprint density at radius 2 is 2.17 bits per heavy atom. The van der Waals surface area contributed by atoms with E-state index < -0.39 is 0 Å². The second kappa shape index (κ2) is 6.41. The van der Waals surface area contributed by atoms with Crippen molar-refractivity contribution in [2.75, 3.05) is 11.5 Å². The van der Waals surface area contributed by atoms with E-state index in [1.54, 1.807) is 12.1 Å². The first-order chi connectivity index (χ1) is 8.66. The van der Waals surface area contributed by atoms with Crippen LogP contribution in [0, 0.1) is 10.1 Å². The summed E-state index contributed by atoms with van der Waals surface area (Å²) in [5.74, 6) is 2.32. The summed E-state index contributed by atoms with van der Waals surface area (Å²) in [6.45, 7) is 0.506. The third kappa shape index (κ3) is 3.60. The fraction of sp³-hybridized carbons (Fsp3) is 0.500. The van der Waals surface area contributed by atoms with Gasteiger partial charge in [0.2, 0.25) is 0 Å². The van der Waals surface area contributed by atoms with Crippen molar-refractivity contribution in [3.8, 4) is 0 Å². The summed E-state index contributed by atoms with van der Waals surface area (Å²) >= 11 is 7.85. The summed E-state index contributed by atoms with van der Waals surface area (Å²) in [4.78, 5) is 10.6. The van der Waals surface area contributed by atoms with Gasteiger partial charge in [0.15, 0.2) is 0 Å². The van der Waals surface area contributed by atoms with Crippen molar-refractivity contribution in [3.05, 3.63) is 38.9 Å². The zero-order valence-electron chi connectivity index (χ0n) is 9.89. The van der Waals surface area contributed by atoms with Crippen LogP contribution in [0.25, 0.3) is 0 Å². The number of thioether (sulfide) groups is 1. The largest absolute Gasteiger partial charge is 0.310 e. The molecule has 18 heavy (non-hydrogen) atoms. The highest BCUT2D eigenvalue weighted by Gasteiger charge is 2.17. The molecule has 0 aliphatic carbocycles. The second-order valence-electron chi connectivity index (χ2n) is 4.30. The summed E-state index contributed by atoms with van der Waals surface area (Å²) in [6.07, 6.45) is 2.25. The number of halogens is 1. The SMILES string of the molecule is O=[N+]([O-])c1ccc(Cl)cc1CNC1CCSCC1. The fourth-order valence-corrected chi connectivity index (χ4v) is 3.33. The number of nitro benzene ring substituents is 1. The lowest BCUT2D eigenvalue weighted by Crippen LogP contribution is -2.32. The van der Waals surface area contributed by atoms with Crippen molar-refractivity contribution in [2.24, 2.45) is 0 Å². The van der Waals surface area contributed by atoms with Crippen molar-refractivity contribution in [1.29, 1.82) is 0 Å². The van der Waals surface area contributed by atoms with Gasteiger partial charge in [0, 0.05) is 29.2 Å². The Labute approximate surface area is 115 Å². The van der Waals surface area contributed by atoms with Crippen molar-refractivity contribution >= 4 is 29.1 Å². The summed E-state index contributed by atoms with van der Waals surface area (Å²) < 4.78 is 0. The van der Waals surface area contributed by atoms with Crippen molar-refractivity contribution < 1.29 is 4.92 Å². The maximum Gasteiger partial charge on any atom is 0.273 e. The minimum absolute atomic E-state index is 0.136. The molecule has 0 amide bonds. The van der Waals surface area contributed by atoms with Crippen molar-refractivity contribution in [2.45, 2.75) is 25.4 Å². The topological polar surface area (TPSA) is 55.2 Å². The van der Waals surface area contributed by atoms with Gasteiger partial charge in [-0.15, -0.1) is 0 Å². The van der Waals surface area contributed by atoms with Crippen LogP contribution in [0.4, 0.5) is 5.69 Å². The number of rotatable bonds is 4. The van der Waals surface area contributed by atoms with Gasteiger partial charge in [0.05, 0.1) is 4.92 Å². The molecule has 2 rings (SSSR count). The van der Waals surface area contributed by atoms with Gasteiger partial charge in [-0.3, -0.25) is 10.1 Å². The Morgan fingerprint density at radius 3 is 2.83 bits per heavy atom. The van der Waals surface area contributed by atoms with Gasteiger partial charge < -0.3 is 5.32 Å². The number of nitrogens with zero attached hydrogens (tertiary/aromatic N) is 1. The molecule has 4 nitrogen and oxygen atoms in total. The van der Waals surface area contributed by atoms with E-state index in [4.69, 9.17) is 11.6 Å². The number of benzene rings is 1. The van der Waals surface area contributed by atoms with Crippen LogP contribution in [0.15, 0.2) is 18.2 Å². The van der Waals surface area contributed by atoms with E-state index in [-0.39, 0.29) is 10.6 Å². The van der Waals surface area contributed by atoms with Crippen LogP contribution < -0.4 is 5.32 Å². The standard InChI is InChI=1S/C12H15ClN2O2S/c13-10-1-2-12(15(16)17)9(7-10)8-14-11-3-5-18-6-4-11/h1-2,7,11,14H,3-6,8H2.